The number of rotatable bonds is 11. The van der Waals surface area contributed by atoms with E-state index in [4.69, 9.17) is 16.3 Å². The van der Waals surface area contributed by atoms with Gasteiger partial charge in [0.05, 0.1) is 0 Å². The summed E-state index contributed by atoms with van der Waals surface area (Å²) in [7, 11) is 0. The molecular formula is C32H33ClN2O3. The molecule has 0 fully saturated rings. The summed E-state index contributed by atoms with van der Waals surface area (Å²) in [6.07, 6.45) is 0.387. The maximum atomic E-state index is 13.8. The molecule has 0 unspecified atom stereocenters. The minimum Gasteiger partial charge on any atom is -0.483 e. The van der Waals surface area contributed by atoms with Crippen LogP contribution in [0.2, 0.25) is 5.02 Å². The van der Waals surface area contributed by atoms with Crippen LogP contribution in [-0.2, 0) is 22.6 Å². The van der Waals surface area contributed by atoms with Gasteiger partial charge < -0.3 is 15.0 Å². The smallest absolute Gasteiger partial charge is 0.261 e. The summed E-state index contributed by atoms with van der Waals surface area (Å²) in [6, 6.07) is 30.0. The lowest BCUT2D eigenvalue weighted by Gasteiger charge is -2.31. The molecule has 0 radical (unpaired) electrons. The summed E-state index contributed by atoms with van der Waals surface area (Å²) in [5.41, 5.74) is 1.85. The van der Waals surface area contributed by atoms with Gasteiger partial charge in [-0.15, -0.1) is 0 Å². The van der Waals surface area contributed by atoms with Gasteiger partial charge in [0.2, 0.25) is 5.91 Å². The van der Waals surface area contributed by atoms with Crippen molar-refractivity contribution in [2.45, 2.75) is 32.9 Å². The van der Waals surface area contributed by atoms with E-state index < -0.39 is 6.04 Å². The number of hydrogen-bond donors (Lipinski definition) is 1. The Kier molecular flexibility index (Phi) is 9.39. The molecule has 6 heteroatoms. The molecule has 4 aromatic carbocycles. The summed E-state index contributed by atoms with van der Waals surface area (Å²) in [4.78, 5) is 28.9. The van der Waals surface area contributed by atoms with Crippen molar-refractivity contribution in [3.8, 4) is 5.75 Å². The monoisotopic (exact) mass is 528 g/mol. The Bertz CT molecular complexity index is 1350. The predicted octanol–water partition coefficient (Wildman–Crippen LogP) is 6.28. The zero-order valence-corrected chi connectivity index (χ0v) is 22.5. The summed E-state index contributed by atoms with van der Waals surface area (Å²) < 4.78 is 6.05. The highest BCUT2D eigenvalue weighted by molar-refractivity contribution is 6.30. The van der Waals surface area contributed by atoms with Gasteiger partial charge in [-0.1, -0.05) is 104 Å². The maximum absolute atomic E-state index is 13.8. The second-order valence-electron chi connectivity index (χ2n) is 9.76. The lowest BCUT2D eigenvalue weighted by Crippen LogP contribution is -2.52. The highest BCUT2D eigenvalue weighted by Gasteiger charge is 2.30. The number of hydrogen-bond acceptors (Lipinski definition) is 3. The summed E-state index contributed by atoms with van der Waals surface area (Å²) in [6.45, 7) is 4.67. The van der Waals surface area contributed by atoms with Gasteiger partial charge in [-0.3, -0.25) is 9.59 Å². The summed E-state index contributed by atoms with van der Waals surface area (Å²) in [5, 5.41) is 5.61. The molecule has 0 saturated heterocycles. The van der Waals surface area contributed by atoms with Crippen LogP contribution in [-0.4, -0.2) is 35.9 Å². The predicted molar refractivity (Wildman–Crippen MR) is 153 cm³/mol. The van der Waals surface area contributed by atoms with Crippen LogP contribution >= 0.6 is 11.6 Å². The van der Waals surface area contributed by atoms with E-state index in [-0.39, 0.29) is 30.9 Å². The molecule has 0 aromatic heterocycles. The van der Waals surface area contributed by atoms with E-state index in [2.05, 4.69) is 5.32 Å². The third-order valence-corrected chi connectivity index (χ3v) is 6.57. The molecule has 1 atom stereocenters. The van der Waals surface area contributed by atoms with E-state index in [1.807, 2.05) is 98.8 Å². The van der Waals surface area contributed by atoms with Gasteiger partial charge in [0, 0.05) is 29.9 Å². The Morgan fingerprint density at radius 3 is 2.26 bits per heavy atom. The van der Waals surface area contributed by atoms with Crippen LogP contribution in [0.5, 0.6) is 5.75 Å². The first-order chi connectivity index (χ1) is 18.4. The Hall–Kier alpha value is -3.83. The number of carbonyl (C=O) groups excluding carboxylic acids is 2. The number of benzene rings is 4. The minimum atomic E-state index is -0.713. The number of fused-ring (bicyclic) bond motifs is 1. The first kappa shape index (κ1) is 27.2. The van der Waals surface area contributed by atoms with Crippen molar-refractivity contribution < 1.29 is 14.3 Å². The van der Waals surface area contributed by atoms with Crippen LogP contribution in [0.25, 0.3) is 10.8 Å². The van der Waals surface area contributed by atoms with Crippen LogP contribution in [0, 0.1) is 5.92 Å². The average molecular weight is 529 g/mol. The Morgan fingerprint density at radius 2 is 1.53 bits per heavy atom. The van der Waals surface area contributed by atoms with E-state index in [0.29, 0.717) is 23.7 Å². The number of nitrogens with zero attached hydrogens (tertiary/aromatic N) is 1. The normalized spacial score (nSPS) is 11.8. The van der Waals surface area contributed by atoms with Crippen molar-refractivity contribution in [3.05, 3.63) is 113 Å². The maximum Gasteiger partial charge on any atom is 0.261 e. The van der Waals surface area contributed by atoms with Gasteiger partial charge >= 0.3 is 0 Å². The number of halogens is 1. The van der Waals surface area contributed by atoms with E-state index >= 15 is 0 Å². The number of ether oxygens (including phenoxy) is 1. The molecule has 0 aliphatic heterocycles. The highest BCUT2D eigenvalue weighted by Crippen LogP contribution is 2.25. The molecule has 4 aromatic rings. The van der Waals surface area contributed by atoms with E-state index in [0.717, 1.165) is 21.9 Å². The summed E-state index contributed by atoms with van der Waals surface area (Å²) in [5.74, 6) is 0.460. The third kappa shape index (κ3) is 7.36. The van der Waals surface area contributed by atoms with E-state index in [1.54, 1.807) is 17.0 Å². The first-order valence-electron chi connectivity index (χ1n) is 12.9. The van der Waals surface area contributed by atoms with E-state index in [9.17, 15) is 9.59 Å². The molecule has 0 heterocycles. The Morgan fingerprint density at radius 1 is 0.842 bits per heavy atom. The molecule has 1 N–H and O–H groups in total. The number of nitrogens with one attached hydrogen (secondary N) is 1. The Labute approximate surface area is 229 Å². The van der Waals surface area contributed by atoms with Crippen molar-refractivity contribution in [1.29, 1.82) is 0 Å². The molecule has 38 heavy (non-hydrogen) atoms. The molecule has 4 rings (SSSR count). The largest absolute Gasteiger partial charge is 0.483 e. The first-order valence-corrected chi connectivity index (χ1v) is 13.2. The average Bonchev–Trinajstić information content (AvgIpc) is 2.93. The van der Waals surface area contributed by atoms with Crippen molar-refractivity contribution in [2.24, 2.45) is 5.92 Å². The lowest BCUT2D eigenvalue weighted by molar-refractivity contribution is -0.142. The van der Waals surface area contributed by atoms with Crippen LogP contribution in [0.3, 0.4) is 0 Å². The molecule has 2 amide bonds. The minimum absolute atomic E-state index is 0.185. The second-order valence-corrected chi connectivity index (χ2v) is 10.2. The topological polar surface area (TPSA) is 58.6 Å². The molecule has 0 aliphatic carbocycles. The van der Waals surface area contributed by atoms with Gasteiger partial charge in [-0.05, 0) is 40.6 Å². The fourth-order valence-electron chi connectivity index (χ4n) is 4.31. The lowest BCUT2D eigenvalue weighted by atomic mass is 10.0. The molecular weight excluding hydrogens is 496 g/mol. The van der Waals surface area contributed by atoms with E-state index in [1.165, 1.54) is 0 Å². The quantitative estimate of drug-likeness (QED) is 0.249. The second kappa shape index (κ2) is 13.1. The van der Waals surface area contributed by atoms with Crippen molar-refractivity contribution >= 4 is 34.2 Å². The molecule has 196 valence electrons. The van der Waals surface area contributed by atoms with Gasteiger partial charge in [0.25, 0.3) is 5.91 Å². The van der Waals surface area contributed by atoms with Crippen molar-refractivity contribution in [1.82, 2.24) is 10.2 Å². The molecule has 5 nitrogen and oxygen atoms in total. The van der Waals surface area contributed by atoms with Gasteiger partial charge in [-0.2, -0.15) is 0 Å². The van der Waals surface area contributed by atoms with Crippen LogP contribution in [0.1, 0.15) is 25.0 Å². The molecule has 0 aliphatic rings. The Balaban J connectivity index is 1.63. The van der Waals surface area contributed by atoms with Gasteiger partial charge in [0.1, 0.15) is 11.8 Å². The van der Waals surface area contributed by atoms with Crippen LogP contribution in [0.15, 0.2) is 97.1 Å². The number of carbonyl (C=O) groups is 2. The molecule has 0 bridgehead atoms. The molecule has 0 spiro atoms. The van der Waals surface area contributed by atoms with Gasteiger partial charge in [-0.25, -0.2) is 0 Å². The summed E-state index contributed by atoms with van der Waals surface area (Å²) >= 11 is 6.10. The fourth-order valence-corrected chi connectivity index (χ4v) is 4.43. The third-order valence-electron chi connectivity index (χ3n) is 6.32. The fraction of sp³-hybridized carbons (Fsp3) is 0.250. The van der Waals surface area contributed by atoms with Crippen molar-refractivity contribution in [3.63, 3.8) is 0 Å². The van der Waals surface area contributed by atoms with Crippen LogP contribution < -0.4 is 10.1 Å². The number of amides is 2. The SMILES string of the molecule is CC(C)CNC(=O)[C@H](Cc1ccccc1)N(Cc1ccc(Cl)cc1)C(=O)COc1cccc2ccccc12. The zero-order valence-electron chi connectivity index (χ0n) is 21.8. The standard InChI is InChI=1S/C32H33ClN2O3/c1-23(2)20-34-32(37)29(19-24-9-4-3-5-10-24)35(21-25-15-17-27(33)18-16-25)31(36)22-38-30-14-8-12-26-11-6-7-13-28(26)30/h3-18,23,29H,19-22H2,1-2H3,(H,34,37)/t29-/m0/s1. The van der Waals surface area contributed by atoms with Gasteiger partial charge in [0.15, 0.2) is 6.61 Å². The molecule has 0 saturated carbocycles. The zero-order chi connectivity index (χ0) is 26.9. The van der Waals surface area contributed by atoms with Crippen LogP contribution in [0.4, 0.5) is 0 Å². The van der Waals surface area contributed by atoms with Crippen molar-refractivity contribution in [2.75, 3.05) is 13.2 Å². The highest BCUT2D eigenvalue weighted by atomic mass is 35.5.